The normalized spacial score (nSPS) is 25.1. The van der Waals surface area contributed by atoms with Gasteiger partial charge < -0.3 is 10.2 Å². The van der Waals surface area contributed by atoms with Crippen molar-refractivity contribution < 1.29 is 9.59 Å². The van der Waals surface area contributed by atoms with Crippen LogP contribution in [0.2, 0.25) is 0 Å². The zero-order valence-electron chi connectivity index (χ0n) is 12.3. The lowest BCUT2D eigenvalue weighted by molar-refractivity contribution is -0.134. The van der Waals surface area contributed by atoms with Gasteiger partial charge in [0, 0.05) is 32.0 Å². The summed E-state index contributed by atoms with van der Waals surface area (Å²) in [7, 11) is 0. The standard InChI is InChI=1S/C17H22N2O2/c20-16-8-7-14-12-19(11-10-15(14)18-16)17(21)9-6-13-4-2-1-3-5-13/h1-5,14-15H,6-12H2,(H,18,20). The van der Waals surface area contributed by atoms with Crippen molar-refractivity contribution in [3.8, 4) is 0 Å². The van der Waals surface area contributed by atoms with Gasteiger partial charge in [-0.2, -0.15) is 0 Å². The first-order valence-corrected chi connectivity index (χ1v) is 7.83. The van der Waals surface area contributed by atoms with Crippen molar-refractivity contribution in [2.24, 2.45) is 5.92 Å². The number of piperidine rings is 2. The third-order valence-corrected chi connectivity index (χ3v) is 4.65. The Kier molecular flexibility index (Phi) is 4.23. The van der Waals surface area contributed by atoms with Crippen LogP contribution in [0.3, 0.4) is 0 Å². The van der Waals surface area contributed by atoms with Crippen molar-refractivity contribution >= 4 is 11.8 Å². The molecular formula is C17H22N2O2. The molecule has 2 heterocycles. The lowest BCUT2D eigenvalue weighted by Gasteiger charge is -2.41. The predicted molar refractivity (Wildman–Crippen MR) is 80.6 cm³/mol. The summed E-state index contributed by atoms with van der Waals surface area (Å²) in [5, 5.41) is 3.06. The van der Waals surface area contributed by atoms with E-state index in [-0.39, 0.29) is 17.9 Å². The van der Waals surface area contributed by atoms with E-state index in [4.69, 9.17) is 0 Å². The molecule has 4 heteroatoms. The van der Waals surface area contributed by atoms with Gasteiger partial charge in [-0.05, 0) is 30.7 Å². The summed E-state index contributed by atoms with van der Waals surface area (Å²) in [5.41, 5.74) is 1.21. The second kappa shape index (κ2) is 6.29. The van der Waals surface area contributed by atoms with Crippen LogP contribution in [-0.4, -0.2) is 35.8 Å². The van der Waals surface area contributed by atoms with Crippen LogP contribution in [-0.2, 0) is 16.0 Å². The van der Waals surface area contributed by atoms with Gasteiger partial charge in [0.2, 0.25) is 11.8 Å². The third kappa shape index (κ3) is 3.43. The Morgan fingerprint density at radius 1 is 1.24 bits per heavy atom. The number of hydrogen-bond donors (Lipinski definition) is 1. The number of carbonyl (C=O) groups is 2. The molecule has 0 radical (unpaired) electrons. The van der Waals surface area contributed by atoms with Crippen molar-refractivity contribution in [1.82, 2.24) is 10.2 Å². The average Bonchev–Trinajstić information content (AvgIpc) is 2.53. The predicted octanol–water partition coefficient (Wildman–Crippen LogP) is 1.75. The molecule has 1 aromatic rings. The molecule has 1 N–H and O–H groups in total. The number of nitrogens with zero attached hydrogens (tertiary/aromatic N) is 1. The summed E-state index contributed by atoms with van der Waals surface area (Å²) in [6.45, 7) is 1.58. The minimum absolute atomic E-state index is 0.167. The zero-order chi connectivity index (χ0) is 14.7. The van der Waals surface area contributed by atoms with Crippen LogP contribution in [0.25, 0.3) is 0 Å². The van der Waals surface area contributed by atoms with Gasteiger partial charge in [0.25, 0.3) is 0 Å². The summed E-state index contributed by atoms with van der Waals surface area (Å²) in [4.78, 5) is 25.7. The Morgan fingerprint density at radius 2 is 2.05 bits per heavy atom. The van der Waals surface area contributed by atoms with Crippen LogP contribution in [0.5, 0.6) is 0 Å². The Bertz CT molecular complexity index is 515. The summed E-state index contributed by atoms with van der Waals surface area (Å²) >= 11 is 0. The molecule has 2 fully saturated rings. The van der Waals surface area contributed by atoms with E-state index in [0.717, 1.165) is 32.4 Å². The maximum atomic E-state index is 12.3. The first-order chi connectivity index (χ1) is 10.2. The number of fused-ring (bicyclic) bond motifs is 1. The Hall–Kier alpha value is -1.84. The van der Waals surface area contributed by atoms with Crippen molar-refractivity contribution in [2.75, 3.05) is 13.1 Å². The summed E-state index contributed by atoms with van der Waals surface area (Å²) in [6.07, 6.45) is 3.80. The molecule has 0 bridgehead atoms. The number of rotatable bonds is 3. The summed E-state index contributed by atoms with van der Waals surface area (Å²) in [5.74, 6) is 0.853. The van der Waals surface area contributed by atoms with Gasteiger partial charge in [0.15, 0.2) is 0 Å². The van der Waals surface area contributed by atoms with Crippen molar-refractivity contribution in [3.63, 3.8) is 0 Å². The minimum atomic E-state index is 0.167. The number of carbonyl (C=O) groups excluding carboxylic acids is 2. The van der Waals surface area contributed by atoms with Crippen LogP contribution in [0, 0.1) is 5.92 Å². The molecule has 0 saturated carbocycles. The van der Waals surface area contributed by atoms with Crippen molar-refractivity contribution in [1.29, 1.82) is 0 Å². The third-order valence-electron chi connectivity index (χ3n) is 4.65. The summed E-state index contributed by atoms with van der Waals surface area (Å²) in [6, 6.07) is 10.4. The Labute approximate surface area is 125 Å². The van der Waals surface area contributed by atoms with Crippen molar-refractivity contribution in [2.45, 2.75) is 38.1 Å². The monoisotopic (exact) mass is 286 g/mol. The highest BCUT2D eigenvalue weighted by atomic mass is 16.2. The van der Waals surface area contributed by atoms with Crippen LogP contribution in [0.4, 0.5) is 0 Å². The maximum Gasteiger partial charge on any atom is 0.222 e. The highest BCUT2D eigenvalue weighted by Crippen LogP contribution is 2.25. The van der Waals surface area contributed by atoms with Crippen LogP contribution >= 0.6 is 0 Å². The van der Waals surface area contributed by atoms with E-state index in [1.54, 1.807) is 0 Å². The molecule has 2 atom stereocenters. The molecule has 21 heavy (non-hydrogen) atoms. The van der Waals surface area contributed by atoms with Gasteiger partial charge >= 0.3 is 0 Å². The quantitative estimate of drug-likeness (QED) is 0.920. The van der Waals surface area contributed by atoms with Gasteiger partial charge in [0.05, 0.1) is 0 Å². The Balaban J connectivity index is 1.51. The maximum absolute atomic E-state index is 12.3. The molecule has 0 spiro atoms. The van der Waals surface area contributed by atoms with E-state index < -0.39 is 0 Å². The number of amides is 2. The topological polar surface area (TPSA) is 49.4 Å². The first kappa shape index (κ1) is 14.1. The molecule has 0 aromatic heterocycles. The van der Waals surface area contributed by atoms with E-state index in [2.05, 4.69) is 17.4 Å². The zero-order valence-corrected chi connectivity index (χ0v) is 12.3. The summed E-state index contributed by atoms with van der Waals surface area (Å²) < 4.78 is 0. The number of likely N-dealkylation sites (tertiary alicyclic amines) is 1. The first-order valence-electron chi connectivity index (χ1n) is 7.83. The molecule has 3 rings (SSSR count). The van der Waals surface area contributed by atoms with Gasteiger partial charge in [-0.3, -0.25) is 9.59 Å². The molecule has 112 valence electrons. The SMILES string of the molecule is O=C1CCC2CN(C(=O)CCc3ccccc3)CCC2N1. The van der Waals surface area contributed by atoms with Crippen LogP contribution in [0.15, 0.2) is 30.3 Å². The fourth-order valence-electron chi connectivity index (χ4n) is 3.39. The largest absolute Gasteiger partial charge is 0.353 e. The molecule has 2 saturated heterocycles. The number of aryl methyl sites for hydroxylation is 1. The average molecular weight is 286 g/mol. The molecule has 2 aliphatic heterocycles. The lowest BCUT2D eigenvalue weighted by atomic mass is 9.85. The molecular weight excluding hydrogens is 264 g/mol. The lowest BCUT2D eigenvalue weighted by Crippen LogP contribution is -2.55. The van der Waals surface area contributed by atoms with Crippen molar-refractivity contribution in [3.05, 3.63) is 35.9 Å². The molecule has 2 amide bonds. The minimum Gasteiger partial charge on any atom is -0.353 e. The van der Waals surface area contributed by atoms with Gasteiger partial charge in [-0.1, -0.05) is 30.3 Å². The highest BCUT2D eigenvalue weighted by molar-refractivity contribution is 5.78. The molecule has 2 unspecified atom stereocenters. The molecule has 1 aromatic carbocycles. The smallest absolute Gasteiger partial charge is 0.222 e. The van der Waals surface area contributed by atoms with Crippen LogP contribution in [0.1, 0.15) is 31.2 Å². The fraction of sp³-hybridized carbons (Fsp3) is 0.529. The second-order valence-electron chi connectivity index (χ2n) is 6.09. The van der Waals surface area contributed by atoms with E-state index in [0.29, 0.717) is 18.8 Å². The number of benzene rings is 1. The Morgan fingerprint density at radius 3 is 2.86 bits per heavy atom. The molecule has 0 aliphatic carbocycles. The van der Waals surface area contributed by atoms with E-state index in [1.165, 1.54) is 5.56 Å². The number of hydrogen-bond acceptors (Lipinski definition) is 2. The van der Waals surface area contributed by atoms with Gasteiger partial charge in [-0.25, -0.2) is 0 Å². The molecule has 2 aliphatic rings. The number of nitrogens with one attached hydrogen (secondary N) is 1. The van der Waals surface area contributed by atoms with E-state index in [9.17, 15) is 9.59 Å². The fourth-order valence-corrected chi connectivity index (χ4v) is 3.39. The highest BCUT2D eigenvalue weighted by Gasteiger charge is 2.34. The van der Waals surface area contributed by atoms with Gasteiger partial charge in [-0.15, -0.1) is 0 Å². The van der Waals surface area contributed by atoms with E-state index in [1.807, 2.05) is 23.1 Å². The van der Waals surface area contributed by atoms with E-state index >= 15 is 0 Å². The van der Waals surface area contributed by atoms with Gasteiger partial charge in [0.1, 0.15) is 0 Å². The second-order valence-corrected chi connectivity index (χ2v) is 6.09. The van der Waals surface area contributed by atoms with Crippen LogP contribution < -0.4 is 5.32 Å². The molecule has 4 nitrogen and oxygen atoms in total.